The zero-order valence-electron chi connectivity index (χ0n) is 7.79. The number of carbonyl (C=O) groups is 1. The molecule has 0 aliphatic heterocycles. The summed E-state index contributed by atoms with van der Waals surface area (Å²) in [6.07, 6.45) is 1.24. The van der Waals surface area contributed by atoms with Gasteiger partial charge in [0.05, 0.1) is 11.3 Å². The highest BCUT2D eigenvalue weighted by molar-refractivity contribution is 5.90. The van der Waals surface area contributed by atoms with E-state index in [1.54, 1.807) is 6.92 Å². The van der Waals surface area contributed by atoms with Crippen molar-refractivity contribution in [1.29, 1.82) is 0 Å². The highest BCUT2D eigenvalue weighted by Crippen LogP contribution is 2.05. The van der Waals surface area contributed by atoms with Gasteiger partial charge in [0, 0.05) is 0 Å². The van der Waals surface area contributed by atoms with Crippen LogP contribution in [-0.2, 0) is 4.79 Å². The maximum Gasteiger partial charge on any atom is 0.337 e. The van der Waals surface area contributed by atoms with Crippen LogP contribution < -0.4 is 0 Å². The molecule has 0 unspecified atom stereocenters. The van der Waals surface area contributed by atoms with Gasteiger partial charge < -0.3 is 5.11 Å². The van der Waals surface area contributed by atoms with Crippen molar-refractivity contribution >= 4 is 12.7 Å². The number of nitrogens with zero attached hydrogens (tertiary/aromatic N) is 1. The van der Waals surface area contributed by atoms with Gasteiger partial charge in [-0.3, -0.25) is 4.99 Å². The van der Waals surface area contributed by atoms with Crippen molar-refractivity contribution in [3.05, 3.63) is 23.9 Å². The quantitative estimate of drug-likeness (QED) is 0.400. The molecule has 0 bridgehead atoms. The first-order chi connectivity index (χ1) is 5.63. The van der Waals surface area contributed by atoms with Crippen LogP contribution in [0.4, 0.5) is 0 Å². The van der Waals surface area contributed by atoms with Gasteiger partial charge in [0.1, 0.15) is 0 Å². The van der Waals surface area contributed by atoms with Crippen LogP contribution in [0.2, 0.25) is 0 Å². The molecule has 0 amide bonds. The largest absolute Gasteiger partial charge is 0.478 e. The summed E-state index contributed by atoms with van der Waals surface area (Å²) < 4.78 is 0. The van der Waals surface area contributed by atoms with E-state index in [-0.39, 0.29) is 5.57 Å². The molecule has 1 N–H and O–H groups in total. The van der Waals surface area contributed by atoms with Crippen molar-refractivity contribution in [2.75, 3.05) is 0 Å². The van der Waals surface area contributed by atoms with E-state index >= 15 is 0 Å². The van der Waals surface area contributed by atoms with E-state index in [2.05, 4.69) is 18.3 Å². The lowest BCUT2D eigenvalue weighted by molar-refractivity contribution is -0.132. The number of aliphatic carboxylic acids is 1. The Bertz CT molecular complexity index is 205. The summed E-state index contributed by atoms with van der Waals surface area (Å²) in [5.74, 6) is -1.03. The molecule has 0 aliphatic carbocycles. The first-order valence-corrected chi connectivity index (χ1v) is 3.66. The summed E-state index contributed by atoms with van der Waals surface area (Å²) in [7, 11) is 0. The number of aliphatic imine (C=N–C) groups is 1. The molecular weight excluding hydrogens is 154 g/mol. The Hall–Kier alpha value is -1.38. The minimum atomic E-state index is -1.03. The zero-order valence-corrected chi connectivity index (χ0v) is 7.79. The minimum Gasteiger partial charge on any atom is -0.478 e. The van der Waals surface area contributed by atoms with Crippen molar-refractivity contribution in [1.82, 2.24) is 0 Å². The van der Waals surface area contributed by atoms with Crippen LogP contribution in [0.25, 0.3) is 0 Å². The Labute approximate surface area is 73.1 Å². The van der Waals surface area contributed by atoms with Crippen molar-refractivity contribution in [2.45, 2.75) is 20.8 Å². The fraction of sp³-hybridized carbons (Fsp3) is 0.333. The Morgan fingerprint density at radius 1 is 1.50 bits per heavy atom. The maximum absolute atomic E-state index is 10.3. The molecule has 3 heteroatoms. The molecule has 0 aromatic carbocycles. The normalized spacial score (nSPS) is 10.2. The monoisotopic (exact) mass is 169 g/mol. The van der Waals surface area contributed by atoms with Crippen LogP contribution in [-0.4, -0.2) is 17.8 Å². The second kappa shape index (κ2) is 7.72. The van der Waals surface area contributed by atoms with Crippen molar-refractivity contribution < 1.29 is 9.90 Å². The van der Waals surface area contributed by atoms with Crippen LogP contribution in [0.1, 0.15) is 20.8 Å². The Morgan fingerprint density at radius 2 is 1.92 bits per heavy atom. The highest BCUT2D eigenvalue weighted by atomic mass is 16.4. The summed E-state index contributed by atoms with van der Waals surface area (Å²) >= 11 is 0. The molecule has 0 radical (unpaired) electrons. The lowest BCUT2D eigenvalue weighted by Crippen LogP contribution is -1.99. The van der Waals surface area contributed by atoms with Gasteiger partial charge in [0.15, 0.2) is 0 Å². The first-order valence-electron chi connectivity index (χ1n) is 3.66. The fourth-order valence-corrected chi connectivity index (χ4v) is 0.475. The minimum absolute atomic E-state index is 0.0926. The predicted octanol–water partition coefficient (Wildman–Crippen LogP) is 2.26. The van der Waals surface area contributed by atoms with Gasteiger partial charge in [-0.15, -0.1) is 0 Å². The number of carboxylic acid groups (broad SMARTS) is 1. The number of hydrogen-bond donors (Lipinski definition) is 1. The van der Waals surface area contributed by atoms with Crippen LogP contribution in [0.3, 0.4) is 0 Å². The summed E-state index contributed by atoms with van der Waals surface area (Å²) in [6, 6.07) is 0. The Kier molecular flexibility index (Phi) is 8.51. The second-order valence-electron chi connectivity index (χ2n) is 1.67. The molecule has 3 nitrogen and oxygen atoms in total. The molecule has 0 spiro atoms. The molecule has 0 saturated carbocycles. The Morgan fingerprint density at radius 3 is 2.00 bits per heavy atom. The molecular formula is C9H15NO2. The van der Waals surface area contributed by atoms with E-state index in [1.165, 1.54) is 6.08 Å². The van der Waals surface area contributed by atoms with Crippen LogP contribution in [0.15, 0.2) is 28.9 Å². The van der Waals surface area contributed by atoms with Gasteiger partial charge in [0.25, 0.3) is 0 Å². The van der Waals surface area contributed by atoms with Gasteiger partial charge in [-0.2, -0.15) is 0 Å². The van der Waals surface area contributed by atoms with E-state index in [0.717, 1.165) is 0 Å². The molecule has 0 saturated heterocycles. The number of rotatable bonds is 3. The maximum atomic E-state index is 10.3. The molecule has 0 heterocycles. The van der Waals surface area contributed by atoms with E-state index in [1.807, 2.05) is 13.8 Å². The van der Waals surface area contributed by atoms with Crippen LogP contribution in [0, 0.1) is 0 Å². The summed E-state index contributed by atoms with van der Waals surface area (Å²) in [5.41, 5.74) is 0.470. The van der Waals surface area contributed by atoms with Gasteiger partial charge in [-0.05, 0) is 13.6 Å². The third-order valence-corrected chi connectivity index (χ3v) is 1.06. The lowest BCUT2D eigenvalue weighted by Gasteiger charge is -1.95. The summed E-state index contributed by atoms with van der Waals surface area (Å²) in [6.45, 7) is 12.1. The highest BCUT2D eigenvalue weighted by Gasteiger charge is 2.04. The molecule has 0 aromatic rings. The third-order valence-electron chi connectivity index (χ3n) is 1.06. The molecule has 0 rings (SSSR count). The average Bonchev–Trinajstić information content (AvgIpc) is 2.08. The van der Waals surface area contributed by atoms with Gasteiger partial charge in [-0.25, -0.2) is 4.79 Å². The molecule has 0 atom stereocenters. The fourth-order valence-electron chi connectivity index (χ4n) is 0.475. The van der Waals surface area contributed by atoms with E-state index in [9.17, 15) is 4.79 Å². The molecule has 68 valence electrons. The van der Waals surface area contributed by atoms with Crippen LogP contribution >= 0.6 is 0 Å². The second-order valence-corrected chi connectivity index (χ2v) is 1.67. The lowest BCUT2D eigenvalue weighted by atomic mass is 10.2. The molecule has 0 aromatic heterocycles. The third kappa shape index (κ3) is 4.44. The van der Waals surface area contributed by atoms with Crippen molar-refractivity contribution in [3.8, 4) is 0 Å². The summed E-state index contributed by atoms with van der Waals surface area (Å²) in [5, 5.41) is 8.46. The van der Waals surface area contributed by atoms with Gasteiger partial charge >= 0.3 is 5.97 Å². The molecule has 0 fully saturated rings. The molecule has 0 aliphatic rings. The van der Waals surface area contributed by atoms with Gasteiger partial charge in [-0.1, -0.05) is 26.5 Å². The number of hydrogen-bond acceptors (Lipinski definition) is 2. The van der Waals surface area contributed by atoms with E-state index in [4.69, 9.17) is 5.11 Å². The van der Waals surface area contributed by atoms with Gasteiger partial charge in [0.2, 0.25) is 0 Å². The summed E-state index contributed by atoms with van der Waals surface area (Å²) in [4.78, 5) is 13.8. The zero-order chi connectivity index (χ0) is 10.1. The topological polar surface area (TPSA) is 49.7 Å². The first kappa shape index (κ1) is 13.2. The SMILES string of the molecule is C=C/C(C(=O)O)=C(/C)N=C.CC. The Balaban J connectivity index is 0. The van der Waals surface area contributed by atoms with Crippen molar-refractivity contribution in [3.63, 3.8) is 0 Å². The standard InChI is InChI=1S/C7H9NO2.C2H6/c1-4-6(7(9)10)5(2)8-3;1-2/h4H,1,3H2,2H3,(H,9,10);1-2H3/b6-5+;. The average molecular weight is 169 g/mol. The smallest absolute Gasteiger partial charge is 0.337 e. The van der Waals surface area contributed by atoms with E-state index in [0.29, 0.717) is 5.70 Å². The van der Waals surface area contributed by atoms with Crippen molar-refractivity contribution in [2.24, 2.45) is 4.99 Å². The predicted molar refractivity (Wildman–Crippen MR) is 51.4 cm³/mol. The van der Waals surface area contributed by atoms with Crippen LogP contribution in [0.5, 0.6) is 0 Å². The number of allylic oxidation sites excluding steroid dienone is 1. The molecule has 12 heavy (non-hydrogen) atoms. The van der Waals surface area contributed by atoms with E-state index < -0.39 is 5.97 Å². The number of carboxylic acids is 1.